The third-order valence-corrected chi connectivity index (χ3v) is 7.79. The van der Waals surface area contributed by atoms with Gasteiger partial charge in [0.25, 0.3) is 0 Å². The molecule has 2 heterocycles. The summed E-state index contributed by atoms with van der Waals surface area (Å²) in [7, 11) is 1.34. The molecule has 0 aliphatic rings. The Bertz CT molecular complexity index is 1430. The number of thioether (sulfide) groups is 1. The van der Waals surface area contributed by atoms with Gasteiger partial charge in [-0.05, 0) is 44.0 Å². The van der Waals surface area contributed by atoms with Crippen LogP contribution in [0.5, 0.6) is 0 Å². The second-order valence-electron chi connectivity index (χ2n) is 8.03. The van der Waals surface area contributed by atoms with Gasteiger partial charge in [0.1, 0.15) is 10.6 Å². The van der Waals surface area contributed by atoms with E-state index in [1.165, 1.54) is 30.2 Å². The van der Waals surface area contributed by atoms with Gasteiger partial charge >= 0.3 is 5.97 Å². The van der Waals surface area contributed by atoms with Gasteiger partial charge in [-0.15, -0.1) is 21.5 Å². The van der Waals surface area contributed by atoms with Gasteiger partial charge in [-0.2, -0.15) is 0 Å². The molecular weight excluding hydrogens is 516 g/mol. The van der Waals surface area contributed by atoms with E-state index in [4.69, 9.17) is 16.3 Å². The molecule has 0 unspecified atom stereocenters. The lowest BCUT2D eigenvalue weighted by Crippen LogP contribution is -2.16. The molecule has 1 amide bonds. The number of ether oxygens (including phenoxy) is 1. The summed E-state index contributed by atoms with van der Waals surface area (Å²) in [6.45, 7) is 6.59. The van der Waals surface area contributed by atoms with Crippen LogP contribution in [0.15, 0.2) is 53.0 Å². The Hall–Kier alpha value is -3.14. The Morgan fingerprint density at radius 2 is 1.89 bits per heavy atom. The Morgan fingerprint density at radius 3 is 2.61 bits per heavy atom. The topological polar surface area (TPSA) is 86.1 Å². The van der Waals surface area contributed by atoms with Crippen LogP contribution < -0.4 is 5.32 Å². The Balaban J connectivity index is 1.54. The van der Waals surface area contributed by atoms with E-state index >= 15 is 0 Å². The van der Waals surface area contributed by atoms with Crippen molar-refractivity contribution in [3.63, 3.8) is 0 Å². The van der Waals surface area contributed by atoms with Crippen molar-refractivity contribution < 1.29 is 14.3 Å². The van der Waals surface area contributed by atoms with Crippen LogP contribution in [0.2, 0.25) is 5.02 Å². The smallest absolute Gasteiger partial charge is 0.341 e. The number of nitrogens with one attached hydrogen (secondary N) is 1. The minimum Gasteiger partial charge on any atom is -0.465 e. The third-order valence-electron chi connectivity index (χ3n) is 5.60. The highest BCUT2D eigenvalue weighted by Gasteiger charge is 2.24. The highest BCUT2D eigenvalue weighted by Crippen LogP contribution is 2.38. The number of carbonyl (C=O) groups excluding carboxylic acids is 2. The molecule has 0 aliphatic heterocycles. The number of rotatable bonds is 8. The van der Waals surface area contributed by atoms with Crippen molar-refractivity contribution in [2.45, 2.75) is 32.5 Å². The fourth-order valence-corrected chi connectivity index (χ4v) is 5.78. The summed E-state index contributed by atoms with van der Waals surface area (Å²) >= 11 is 8.91. The van der Waals surface area contributed by atoms with Crippen LogP contribution in [0.25, 0.3) is 22.5 Å². The molecule has 0 fully saturated rings. The number of nitrogens with zero attached hydrogens (tertiary/aromatic N) is 3. The minimum atomic E-state index is -0.495. The van der Waals surface area contributed by atoms with E-state index in [2.05, 4.69) is 15.5 Å². The predicted molar refractivity (Wildman–Crippen MR) is 146 cm³/mol. The van der Waals surface area contributed by atoms with Gasteiger partial charge < -0.3 is 14.6 Å². The molecule has 36 heavy (non-hydrogen) atoms. The summed E-state index contributed by atoms with van der Waals surface area (Å²) < 4.78 is 6.96. The maximum absolute atomic E-state index is 12.9. The molecule has 4 aromatic rings. The second-order valence-corrected chi connectivity index (χ2v) is 10.3. The van der Waals surface area contributed by atoms with Gasteiger partial charge in [0.05, 0.1) is 17.9 Å². The molecule has 4 rings (SSSR count). The average molecular weight is 541 g/mol. The van der Waals surface area contributed by atoms with E-state index in [0.29, 0.717) is 33.1 Å². The van der Waals surface area contributed by atoms with Gasteiger partial charge in [-0.3, -0.25) is 4.79 Å². The second kappa shape index (κ2) is 11.3. The summed E-state index contributed by atoms with van der Waals surface area (Å²) in [4.78, 5) is 25.6. The molecule has 0 aliphatic carbocycles. The van der Waals surface area contributed by atoms with Gasteiger partial charge in [-0.25, -0.2) is 4.79 Å². The number of amides is 1. The van der Waals surface area contributed by atoms with E-state index in [9.17, 15) is 9.59 Å². The molecule has 0 spiro atoms. The maximum atomic E-state index is 12.9. The molecular formula is C26H25ClN4O3S2. The largest absolute Gasteiger partial charge is 0.465 e. The van der Waals surface area contributed by atoms with Crippen molar-refractivity contribution >= 4 is 51.6 Å². The van der Waals surface area contributed by atoms with Crippen molar-refractivity contribution in [2.24, 2.45) is 0 Å². The summed E-state index contributed by atoms with van der Waals surface area (Å²) in [5.41, 5.74) is 4.93. The molecule has 2 aromatic carbocycles. The molecule has 0 atom stereocenters. The number of halogens is 1. The van der Waals surface area contributed by atoms with Gasteiger partial charge in [0.15, 0.2) is 11.0 Å². The minimum absolute atomic E-state index is 0.0952. The van der Waals surface area contributed by atoms with Crippen LogP contribution in [-0.4, -0.2) is 39.5 Å². The lowest BCUT2D eigenvalue weighted by molar-refractivity contribution is -0.113. The number of hydrogen-bond acceptors (Lipinski definition) is 7. The van der Waals surface area contributed by atoms with Crippen molar-refractivity contribution in [1.82, 2.24) is 14.8 Å². The quantitative estimate of drug-likeness (QED) is 0.203. The standard InChI is InChI=1S/C26H25ClN4O3S2/c1-5-31-23(17-8-6-7-9-20(17)27)29-30-26(31)36-14-21(32)28-24-22(25(33)34-4)19(13-35-24)18-12-15(2)10-11-16(18)3/h6-13H,5,14H2,1-4H3,(H,28,32). The number of esters is 1. The van der Waals surface area contributed by atoms with E-state index in [1.54, 1.807) is 6.07 Å². The zero-order valence-electron chi connectivity index (χ0n) is 20.3. The normalized spacial score (nSPS) is 10.9. The number of thiophene rings is 1. The Morgan fingerprint density at radius 1 is 1.11 bits per heavy atom. The fourth-order valence-electron chi connectivity index (χ4n) is 3.79. The third kappa shape index (κ3) is 5.33. The highest BCUT2D eigenvalue weighted by atomic mass is 35.5. The molecule has 0 saturated carbocycles. The number of aryl methyl sites for hydroxylation is 2. The van der Waals surface area contributed by atoms with E-state index in [0.717, 1.165) is 27.8 Å². The molecule has 0 radical (unpaired) electrons. The van der Waals surface area contributed by atoms with E-state index in [1.807, 2.05) is 67.1 Å². The monoisotopic (exact) mass is 540 g/mol. The Kier molecular flexibility index (Phi) is 8.13. The SMILES string of the molecule is CCn1c(SCC(=O)Nc2scc(-c3cc(C)ccc3C)c2C(=O)OC)nnc1-c1ccccc1Cl. The molecule has 186 valence electrons. The van der Waals surface area contributed by atoms with Crippen molar-refractivity contribution in [1.29, 1.82) is 0 Å². The predicted octanol–water partition coefficient (Wildman–Crippen LogP) is 6.48. The lowest BCUT2D eigenvalue weighted by Gasteiger charge is -2.10. The molecule has 10 heteroatoms. The molecule has 0 bridgehead atoms. The summed E-state index contributed by atoms with van der Waals surface area (Å²) in [5.74, 6) is -0.0112. The molecule has 0 saturated heterocycles. The van der Waals surface area contributed by atoms with Crippen molar-refractivity contribution in [3.05, 3.63) is 69.6 Å². The van der Waals surface area contributed by atoms with E-state index < -0.39 is 5.97 Å². The first kappa shape index (κ1) is 25.9. The number of hydrogen-bond donors (Lipinski definition) is 1. The van der Waals surface area contributed by atoms with Crippen LogP contribution >= 0.6 is 34.7 Å². The first-order valence-electron chi connectivity index (χ1n) is 11.2. The first-order chi connectivity index (χ1) is 17.3. The zero-order valence-corrected chi connectivity index (χ0v) is 22.7. The van der Waals surface area contributed by atoms with Crippen molar-refractivity contribution in [3.8, 4) is 22.5 Å². The van der Waals surface area contributed by atoms with Crippen LogP contribution in [0.1, 0.15) is 28.4 Å². The van der Waals surface area contributed by atoms with Crippen LogP contribution in [0, 0.1) is 13.8 Å². The molecule has 1 N–H and O–H groups in total. The van der Waals surface area contributed by atoms with Gasteiger partial charge in [0.2, 0.25) is 5.91 Å². The van der Waals surface area contributed by atoms with Crippen LogP contribution in [0.4, 0.5) is 5.00 Å². The zero-order chi connectivity index (χ0) is 25.8. The highest BCUT2D eigenvalue weighted by molar-refractivity contribution is 7.99. The van der Waals surface area contributed by atoms with Gasteiger partial charge in [0, 0.05) is 23.1 Å². The van der Waals surface area contributed by atoms with E-state index in [-0.39, 0.29) is 11.7 Å². The van der Waals surface area contributed by atoms with Crippen LogP contribution in [-0.2, 0) is 16.1 Å². The molecule has 2 aromatic heterocycles. The number of methoxy groups -OCH3 is 1. The van der Waals surface area contributed by atoms with Gasteiger partial charge in [-0.1, -0.05) is 59.3 Å². The summed E-state index contributed by atoms with van der Waals surface area (Å²) in [5, 5.41) is 15.0. The first-order valence-corrected chi connectivity index (χ1v) is 13.5. The maximum Gasteiger partial charge on any atom is 0.341 e. The number of benzene rings is 2. The average Bonchev–Trinajstić information content (AvgIpc) is 3.47. The molecule has 7 nitrogen and oxygen atoms in total. The lowest BCUT2D eigenvalue weighted by atomic mass is 9.97. The summed E-state index contributed by atoms with van der Waals surface area (Å²) in [6, 6.07) is 13.5. The van der Waals surface area contributed by atoms with Crippen molar-refractivity contribution in [2.75, 3.05) is 18.2 Å². The number of carbonyl (C=O) groups is 2. The number of anilines is 1. The fraction of sp³-hybridized carbons (Fsp3) is 0.231. The number of aromatic nitrogens is 3. The Labute approximate surface area is 222 Å². The summed E-state index contributed by atoms with van der Waals surface area (Å²) in [6.07, 6.45) is 0. The van der Waals surface area contributed by atoms with Crippen LogP contribution in [0.3, 0.4) is 0 Å².